The Bertz CT molecular complexity index is 621. The quantitative estimate of drug-likeness (QED) is 0.792. The van der Waals surface area contributed by atoms with E-state index in [9.17, 15) is 22.8 Å². The number of anilines is 1. The van der Waals surface area contributed by atoms with Crippen LogP contribution < -0.4 is 5.32 Å². The van der Waals surface area contributed by atoms with Gasteiger partial charge in [-0.1, -0.05) is 11.6 Å². The Morgan fingerprint density at radius 1 is 1.16 bits per heavy atom. The highest BCUT2D eigenvalue weighted by atomic mass is 35.5. The van der Waals surface area contributed by atoms with Crippen molar-refractivity contribution in [2.24, 2.45) is 0 Å². The highest BCUT2D eigenvalue weighted by Gasteiger charge is 2.33. The van der Waals surface area contributed by atoms with Crippen molar-refractivity contribution in [3.8, 4) is 0 Å². The van der Waals surface area contributed by atoms with Gasteiger partial charge >= 0.3 is 6.18 Å². The minimum Gasteiger partial charge on any atom is -0.341 e. The number of rotatable bonds is 7. The van der Waals surface area contributed by atoms with Crippen LogP contribution >= 0.6 is 11.6 Å². The highest BCUT2D eigenvalue weighted by molar-refractivity contribution is 6.31. The number of likely N-dealkylation sites (N-methyl/N-ethyl adjacent to an activating group) is 1. The first-order valence-corrected chi connectivity index (χ1v) is 7.95. The molecule has 0 saturated heterocycles. The molecular formula is C16H21ClF3N3O2. The Hall–Kier alpha value is -1.80. The first-order valence-electron chi connectivity index (χ1n) is 7.57. The number of carbonyl (C=O) groups excluding carboxylic acids is 2. The maximum absolute atomic E-state index is 12.8. The molecule has 0 atom stereocenters. The second-order valence-electron chi connectivity index (χ2n) is 5.80. The van der Waals surface area contributed by atoms with E-state index < -0.39 is 22.7 Å². The van der Waals surface area contributed by atoms with Gasteiger partial charge in [-0.3, -0.25) is 9.59 Å². The zero-order valence-electron chi connectivity index (χ0n) is 14.3. The van der Waals surface area contributed by atoms with E-state index in [1.807, 2.05) is 19.0 Å². The summed E-state index contributed by atoms with van der Waals surface area (Å²) >= 11 is 5.53. The Kier molecular flexibility index (Phi) is 7.69. The summed E-state index contributed by atoms with van der Waals surface area (Å²) in [5.41, 5.74) is -1.01. The van der Waals surface area contributed by atoms with Gasteiger partial charge in [-0.2, -0.15) is 13.2 Å². The second kappa shape index (κ2) is 9.05. The standard InChI is InChI=1S/C16H21ClF3N3O2/c1-11(24)23(9-8-22(2)3)7-6-15(25)21-12-4-5-14(17)13(10-12)16(18,19)20/h4-5,10H,6-9H2,1-3H3,(H,21,25). The smallest absolute Gasteiger partial charge is 0.341 e. The molecule has 0 aliphatic rings. The maximum atomic E-state index is 12.8. The van der Waals surface area contributed by atoms with Gasteiger partial charge in [0.25, 0.3) is 0 Å². The van der Waals surface area contributed by atoms with Crippen molar-refractivity contribution < 1.29 is 22.8 Å². The summed E-state index contributed by atoms with van der Waals surface area (Å²) in [7, 11) is 3.73. The molecule has 0 unspecified atom stereocenters. The lowest BCUT2D eigenvalue weighted by Crippen LogP contribution is -2.37. The third-order valence-electron chi connectivity index (χ3n) is 3.43. The molecule has 1 rings (SSSR count). The number of hydrogen-bond donors (Lipinski definition) is 1. The van der Waals surface area contributed by atoms with Gasteiger partial charge in [0, 0.05) is 38.7 Å². The van der Waals surface area contributed by atoms with Crippen LogP contribution in [0.25, 0.3) is 0 Å². The van der Waals surface area contributed by atoms with Gasteiger partial charge in [-0.15, -0.1) is 0 Å². The number of carbonyl (C=O) groups is 2. The zero-order chi connectivity index (χ0) is 19.2. The number of benzene rings is 1. The van der Waals surface area contributed by atoms with Crippen molar-refractivity contribution in [1.29, 1.82) is 0 Å². The van der Waals surface area contributed by atoms with Crippen molar-refractivity contribution in [3.05, 3.63) is 28.8 Å². The molecule has 9 heteroatoms. The number of nitrogens with one attached hydrogen (secondary N) is 1. The average molecular weight is 380 g/mol. The fourth-order valence-corrected chi connectivity index (χ4v) is 2.25. The zero-order valence-corrected chi connectivity index (χ0v) is 15.0. The van der Waals surface area contributed by atoms with Crippen LogP contribution in [0.3, 0.4) is 0 Å². The number of hydrogen-bond acceptors (Lipinski definition) is 3. The van der Waals surface area contributed by atoms with Crippen molar-refractivity contribution in [2.45, 2.75) is 19.5 Å². The molecule has 140 valence electrons. The van der Waals surface area contributed by atoms with Gasteiger partial charge in [0.1, 0.15) is 0 Å². The fourth-order valence-electron chi connectivity index (χ4n) is 2.03. The SMILES string of the molecule is CC(=O)N(CCC(=O)Nc1ccc(Cl)c(C(F)(F)F)c1)CCN(C)C. The average Bonchev–Trinajstić information content (AvgIpc) is 2.47. The lowest BCUT2D eigenvalue weighted by Gasteiger charge is -2.22. The molecule has 0 aliphatic carbocycles. The van der Waals surface area contributed by atoms with Crippen LogP contribution in [-0.2, 0) is 15.8 Å². The summed E-state index contributed by atoms with van der Waals surface area (Å²) in [4.78, 5) is 26.9. The van der Waals surface area contributed by atoms with E-state index in [1.54, 1.807) is 0 Å². The predicted octanol–water partition coefficient (Wildman–Crippen LogP) is 3.10. The van der Waals surface area contributed by atoms with Crippen LogP contribution in [0.1, 0.15) is 18.9 Å². The van der Waals surface area contributed by atoms with Crippen LogP contribution in [-0.4, -0.2) is 55.3 Å². The molecule has 0 bridgehead atoms. The summed E-state index contributed by atoms with van der Waals surface area (Å²) in [5.74, 6) is -0.646. The Morgan fingerprint density at radius 2 is 1.80 bits per heavy atom. The van der Waals surface area contributed by atoms with Crippen molar-refractivity contribution in [1.82, 2.24) is 9.80 Å². The third kappa shape index (κ3) is 7.31. The fraction of sp³-hybridized carbons (Fsp3) is 0.500. The molecule has 0 aromatic heterocycles. The number of halogens is 4. The van der Waals surface area contributed by atoms with Gasteiger partial charge in [-0.05, 0) is 32.3 Å². The van der Waals surface area contributed by atoms with Crippen LogP contribution in [0.5, 0.6) is 0 Å². The normalized spacial score (nSPS) is 11.5. The van der Waals surface area contributed by atoms with Gasteiger partial charge in [-0.25, -0.2) is 0 Å². The molecule has 0 radical (unpaired) electrons. The van der Waals surface area contributed by atoms with E-state index in [2.05, 4.69) is 5.32 Å². The lowest BCUT2D eigenvalue weighted by molar-refractivity contribution is -0.137. The molecule has 1 N–H and O–H groups in total. The molecule has 0 fully saturated rings. The molecule has 0 heterocycles. The minimum absolute atomic E-state index is 0.00407. The van der Waals surface area contributed by atoms with Crippen molar-refractivity contribution in [3.63, 3.8) is 0 Å². The predicted molar refractivity (Wildman–Crippen MR) is 90.5 cm³/mol. The van der Waals surface area contributed by atoms with E-state index in [-0.39, 0.29) is 24.6 Å². The summed E-state index contributed by atoms with van der Waals surface area (Å²) in [6, 6.07) is 3.16. The first kappa shape index (κ1) is 21.2. The van der Waals surface area contributed by atoms with Crippen LogP contribution in [0, 0.1) is 0 Å². The minimum atomic E-state index is -4.60. The number of amides is 2. The number of alkyl halides is 3. The summed E-state index contributed by atoms with van der Waals surface area (Å²) in [5, 5.41) is 1.96. The van der Waals surface area contributed by atoms with Crippen molar-refractivity contribution in [2.75, 3.05) is 39.0 Å². The van der Waals surface area contributed by atoms with Gasteiger partial charge in [0.15, 0.2) is 0 Å². The molecule has 25 heavy (non-hydrogen) atoms. The van der Waals surface area contributed by atoms with E-state index in [1.165, 1.54) is 17.9 Å². The largest absolute Gasteiger partial charge is 0.417 e. The molecule has 0 aliphatic heterocycles. The monoisotopic (exact) mass is 379 g/mol. The van der Waals surface area contributed by atoms with E-state index >= 15 is 0 Å². The molecule has 0 saturated carbocycles. The molecule has 1 aromatic rings. The molecule has 0 spiro atoms. The van der Waals surface area contributed by atoms with Gasteiger partial charge < -0.3 is 15.1 Å². The summed E-state index contributed by atoms with van der Waals surface area (Å²) < 4.78 is 38.4. The van der Waals surface area contributed by atoms with E-state index in [4.69, 9.17) is 11.6 Å². The van der Waals surface area contributed by atoms with Crippen LogP contribution in [0.15, 0.2) is 18.2 Å². The van der Waals surface area contributed by atoms with E-state index in [0.717, 1.165) is 12.1 Å². The summed E-state index contributed by atoms with van der Waals surface area (Å²) in [6.45, 7) is 2.71. The second-order valence-corrected chi connectivity index (χ2v) is 6.21. The Morgan fingerprint density at radius 3 is 2.32 bits per heavy atom. The maximum Gasteiger partial charge on any atom is 0.417 e. The van der Waals surface area contributed by atoms with Gasteiger partial charge in [0.05, 0.1) is 10.6 Å². The molecule has 2 amide bonds. The molecular weight excluding hydrogens is 359 g/mol. The third-order valence-corrected chi connectivity index (χ3v) is 3.76. The topological polar surface area (TPSA) is 52.7 Å². The van der Waals surface area contributed by atoms with E-state index in [0.29, 0.717) is 13.1 Å². The Balaban J connectivity index is 2.66. The van der Waals surface area contributed by atoms with Crippen molar-refractivity contribution >= 4 is 29.1 Å². The molecule has 5 nitrogen and oxygen atoms in total. The summed E-state index contributed by atoms with van der Waals surface area (Å²) in [6.07, 6.45) is -4.62. The number of nitrogens with zero attached hydrogens (tertiary/aromatic N) is 2. The van der Waals surface area contributed by atoms with Crippen LogP contribution in [0.2, 0.25) is 5.02 Å². The molecule has 1 aromatic carbocycles. The highest BCUT2D eigenvalue weighted by Crippen LogP contribution is 2.36. The lowest BCUT2D eigenvalue weighted by atomic mass is 10.2. The van der Waals surface area contributed by atoms with Gasteiger partial charge in [0.2, 0.25) is 11.8 Å². The Labute approximate surface area is 149 Å². The first-order chi connectivity index (χ1) is 11.5. The van der Waals surface area contributed by atoms with Crippen LogP contribution in [0.4, 0.5) is 18.9 Å².